The summed E-state index contributed by atoms with van der Waals surface area (Å²) < 4.78 is 0. The number of hydrogen-bond acceptors (Lipinski definition) is 3. The van der Waals surface area contributed by atoms with Crippen LogP contribution in [-0.4, -0.2) is 28.1 Å². The first kappa shape index (κ1) is 21.3. The van der Waals surface area contributed by atoms with Gasteiger partial charge in [0.25, 0.3) is 0 Å². The lowest BCUT2D eigenvalue weighted by atomic mass is 9.44. The van der Waals surface area contributed by atoms with Crippen LogP contribution in [0.15, 0.2) is 0 Å². The van der Waals surface area contributed by atoms with Crippen molar-refractivity contribution in [2.75, 3.05) is 0 Å². The molecule has 0 aromatic rings. The van der Waals surface area contributed by atoms with Crippen molar-refractivity contribution >= 4 is 11.8 Å². The first-order valence-corrected chi connectivity index (χ1v) is 12.2. The number of carboxylic acid groups (broad SMARTS) is 1. The fraction of sp³-hybridized carbons (Fsp3) is 0.920. The van der Waals surface area contributed by atoms with Gasteiger partial charge in [-0.1, -0.05) is 33.1 Å². The smallest absolute Gasteiger partial charge is 0.303 e. The first-order valence-electron chi connectivity index (χ1n) is 12.2. The SMILES string of the molecule is C[C@]12CCC(CCCCCC(=O)O)CC1[C@H](O)C[C@@H]1[C@@H]2CC[C@]2(C)C(=O)CC[C@@H]12. The number of hydrogen-bond donors (Lipinski definition) is 2. The van der Waals surface area contributed by atoms with E-state index < -0.39 is 5.97 Å². The highest BCUT2D eigenvalue weighted by Gasteiger charge is 2.61. The summed E-state index contributed by atoms with van der Waals surface area (Å²) in [5.74, 6) is 2.59. The Kier molecular flexibility index (Phi) is 5.87. The number of aliphatic hydroxyl groups is 1. The molecule has 164 valence electrons. The van der Waals surface area contributed by atoms with Crippen LogP contribution in [0.3, 0.4) is 0 Å². The maximum Gasteiger partial charge on any atom is 0.303 e. The van der Waals surface area contributed by atoms with E-state index in [2.05, 4.69) is 13.8 Å². The number of carboxylic acids is 1. The van der Waals surface area contributed by atoms with Crippen LogP contribution in [0.5, 0.6) is 0 Å². The van der Waals surface area contributed by atoms with E-state index >= 15 is 0 Å². The third kappa shape index (κ3) is 3.68. The van der Waals surface area contributed by atoms with Crippen molar-refractivity contribution < 1.29 is 19.8 Å². The average molecular weight is 405 g/mol. The Bertz CT molecular complexity index is 645. The van der Waals surface area contributed by atoms with E-state index in [9.17, 15) is 14.7 Å². The minimum Gasteiger partial charge on any atom is -0.481 e. The molecule has 0 aromatic carbocycles. The largest absolute Gasteiger partial charge is 0.481 e. The van der Waals surface area contributed by atoms with Crippen molar-refractivity contribution in [3.05, 3.63) is 0 Å². The predicted molar refractivity (Wildman–Crippen MR) is 112 cm³/mol. The number of fused-ring (bicyclic) bond motifs is 5. The number of aliphatic hydroxyl groups excluding tert-OH is 1. The van der Waals surface area contributed by atoms with Gasteiger partial charge in [-0.15, -0.1) is 0 Å². The van der Waals surface area contributed by atoms with E-state index in [0.717, 1.165) is 51.4 Å². The fourth-order valence-corrected chi connectivity index (χ4v) is 8.30. The number of rotatable bonds is 6. The Labute approximate surface area is 175 Å². The molecule has 0 heterocycles. The standard InChI is InChI=1S/C25H40O4/c1-24-12-10-16(6-4-3-5-7-23(28)29)14-20(24)21(26)15-17-18-8-9-22(27)25(18,2)13-11-19(17)24/h16-21,26H,3-15H2,1-2H3,(H,28,29)/t16?,17-,18-,19-,20?,21+,24+,25-/m0/s1. The highest BCUT2D eigenvalue weighted by molar-refractivity contribution is 5.87. The molecule has 4 aliphatic carbocycles. The Morgan fingerprint density at radius 2 is 1.79 bits per heavy atom. The lowest BCUT2D eigenvalue weighted by molar-refractivity contribution is -0.165. The summed E-state index contributed by atoms with van der Waals surface area (Å²) in [7, 11) is 0. The molecule has 4 saturated carbocycles. The van der Waals surface area contributed by atoms with E-state index in [0.29, 0.717) is 35.4 Å². The van der Waals surface area contributed by atoms with Gasteiger partial charge in [-0.2, -0.15) is 0 Å². The molecule has 4 heteroatoms. The van der Waals surface area contributed by atoms with Crippen LogP contribution < -0.4 is 0 Å². The zero-order valence-electron chi connectivity index (χ0n) is 18.4. The molecule has 0 spiro atoms. The topological polar surface area (TPSA) is 74.6 Å². The zero-order chi connectivity index (χ0) is 20.8. The maximum absolute atomic E-state index is 12.6. The van der Waals surface area contributed by atoms with E-state index in [1.165, 1.54) is 25.7 Å². The number of unbranched alkanes of at least 4 members (excludes halogenated alkanes) is 2. The molecule has 2 N–H and O–H groups in total. The number of Topliss-reactive ketones (excluding diaryl/α,β-unsaturated/α-hetero) is 1. The second-order valence-electron chi connectivity index (χ2n) is 11.3. The highest BCUT2D eigenvalue weighted by atomic mass is 16.4. The molecule has 0 aromatic heterocycles. The summed E-state index contributed by atoms with van der Waals surface area (Å²) >= 11 is 0. The average Bonchev–Trinajstić information content (AvgIpc) is 2.97. The second-order valence-corrected chi connectivity index (χ2v) is 11.3. The minimum absolute atomic E-state index is 0.114. The molecule has 0 amide bonds. The Morgan fingerprint density at radius 1 is 1.00 bits per heavy atom. The van der Waals surface area contributed by atoms with Gasteiger partial charge in [0.05, 0.1) is 6.10 Å². The van der Waals surface area contributed by atoms with Gasteiger partial charge in [-0.3, -0.25) is 9.59 Å². The van der Waals surface area contributed by atoms with Gasteiger partial charge in [0.15, 0.2) is 0 Å². The Balaban J connectivity index is 1.39. The van der Waals surface area contributed by atoms with Crippen LogP contribution in [0.4, 0.5) is 0 Å². The molecule has 8 atom stereocenters. The Hall–Kier alpha value is -0.900. The van der Waals surface area contributed by atoms with Gasteiger partial charge in [0, 0.05) is 18.3 Å². The van der Waals surface area contributed by atoms with Crippen LogP contribution >= 0.6 is 0 Å². The molecule has 0 radical (unpaired) electrons. The first-order chi connectivity index (χ1) is 13.8. The number of carbonyl (C=O) groups excluding carboxylic acids is 1. The molecular formula is C25H40O4. The van der Waals surface area contributed by atoms with E-state index in [1.54, 1.807) is 0 Å². The summed E-state index contributed by atoms with van der Waals surface area (Å²) in [6.07, 6.45) is 12.7. The van der Waals surface area contributed by atoms with Crippen LogP contribution in [-0.2, 0) is 9.59 Å². The minimum atomic E-state index is -0.689. The molecule has 0 aliphatic heterocycles. The molecule has 2 unspecified atom stereocenters. The van der Waals surface area contributed by atoms with Gasteiger partial charge >= 0.3 is 5.97 Å². The molecule has 4 nitrogen and oxygen atoms in total. The summed E-state index contributed by atoms with van der Waals surface area (Å²) in [6.45, 7) is 4.67. The second kappa shape index (κ2) is 7.98. The van der Waals surface area contributed by atoms with Gasteiger partial charge in [0.2, 0.25) is 0 Å². The van der Waals surface area contributed by atoms with E-state index in [1.807, 2.05) is 0 Å². The van der Waals surface area contributed by atoms with Crippen molar-refractivity contribution in [2.45, 2.75) is 103 Å². The number of aliphatic carboxylic acids is 1. The molecule has 4 rings (SSSR count). The van der Waals surface area contributed by atoms with Crippen molar-refractivity contribution in [1.82, 2.24) is 0 Å². The Morgan fingerprint density at radius 3 is 2.55 bits per heavy atom. The van der Waals surface area contributed by atoms with Crippen LogP contribution in [0.2, 0.25) is 0 Å². The monoisotopic (exact) mass is 404 g/mol. The summed E-state index contributed by atoms with van der Waals surface area (Å²) in [5, 5.41) is 20.0. The lowest BCUT2D eigenvalue weighted by Crippen LogP contribution is -2.57. The molecule has 4 fully saturated rings. The van der Waals surface area contributed by atoms with Gasteiger partial charge < -0.3 is 10.2 Å². The third-order valence-corrected chi connectivity index (χ3v) is 10.00. The van der Waals surface area contributed by atoms with E-state index in [-0.39, 0.29) is 23.4 Å². The van der Waals surface area contributed by atoms with Gasteiger partial charge in [-0.05, 0) is 86.4 Å². The molecular weight excluding hydrogens is 364 g/mol. The zero-order valence-corrected chi connectivity index (χ0v) is 18.4. The molecule has 0 saturated heterocycles. The van der Waals surface area contributed by atoms with Crippen molar-refractivity contribution in [1.29, 1.82) is 0 Å². The molecule has 29 heavy (non-hydrogen) atoms. The number of carbonyl (C=O) groups is 2. The fourth-order valence-electron chi connectivity index (χ4n) is 8.30. The van der Waals surface area contributed by atoms with Crippen molar-refractivity contribution in [3.63, 3.8) is 0 Å². The normalized spacial score (nSPS) is 46.7. The van der Waals surface area contributed by atoms with Gasteiger partial charge in [0.1, 0.15) is 5.78 Å². The van der Waals surface area contributed by atoms with Crippen molar-refractivity contribution in [3.8, 4) is 0 Å². The summed E-state index contributed by atoms with van der Waals surface area (Å²) in [5.41, 5.74) is 0.117. The molecule has 0 bridgehead atoms. The third-order valence-electron chi connectivity index (χ3n) is 10.00. The van der Waals surface area contributed by atoms with Crippen LogP contribution in [0.25, 0.3) is 0 Å². The van der Waals surface area contributed by atoms with Crippen molar-refractivity contribution in [2.24, 2.45) is 40.4 Å². The lowest BCUT2D eigenvalue weighted by Gasteiger charge is -2.61. The summed E-state index contributed by atoms with van der Waals surface area (Å²) in [4.78, 5) is 23.2. The van der Waals surface area contributed by atoms with E-state index in [4.69, 9.17) is 5.11 Å². The van der Waals surface area contributed by atoms with Crippen LogP contribution in [0.1, 0.15) is 97.3 Å². The highest BCUT2D eigenvalue weighted by Crippen LogP contribution is 2.66. The van der Waals surface area contributed by atoms with Crippen LogP contribution in [0, 0.1) is 40.4 Å². The predicted octanol–water partition coefficient (Wildman–Crippen LogP) is 5.22. The number of ketones is 1. The quantitative estimate of drug-likeness (QED) is 0.595. The molecule has 4 aliphatic rings. The summed E-state index contributed by atoms with van der Waals surface area (Å²) in [6, 6.07) is 0. The maximum atomic E-state index is 12.6. The van der Waals surface area contributed by atoms with Gasteiger partial charge in [-0.25, -0.2) is 0 Å².